The molecule has 1 aromatic carbocycles. The summed E-state index contributed by atoms with van der Waals surface area (Å²) >= 11 is 0. The number of aromatic nitrogens is 2. The Morgan fingerprint density at radius 1 is 1.29 bits per heavy atom. The van der Waals surface area contributed by atoms with Gasteiger partial charge in [-0.15, -0.1) is 0 Å². The van der Waals surface area contributed by atoms with Crippen LogP contribution in [-0.2, 0) is 17.8 Å². The Morgan fingerprint density at radius 2 is 2.00 bits per heavy atom. The van der Waals surface area contributed by atoms with Crippen LogP contribution < -0.4 is 5.32 Å². The normalized spacial score (nSPS) is 11.2. The fraction of sp³-hybridized carbons (Fsp3) is 0.375. The molecule has 0 aliphatic carbocycles. The van der Waals surface area contributed by atoms with Crippen molar-refractivity contribution in [3.8, 4) is 0 Å². The highest BCUT2D eigenvalue weighted by molar-refractivity contribution is 5.67. The van der Waals surface area contributed by atoms with E-state index in [2.05, 4.69) is 22.4 Å². The number of carbonyl (C=O) groups excluding carboxylic acids is 1. The lowest BCUT2D eigenvalue weighted by molar-refractivity contribution is 0.0522. The molecule has 1 amide bonds. The van der Waals surface area contributed by atoms with Gasteiger partial charge < -0.3 is 14.6 Å². The maximum absolute atomic E-state index is 11.7. The lowest BCUT2D eigenvalue weighted by Gasteiger charge is -2.19. The Morgan fingerprint density at radius 3 is 2.67 bits per heavy atom. The van der Waals surface area contributed by atoms with E-state index in [1.165, 1.54) is 5.56 Å². The molecule has 0 aliphatic heterocycles. The summed E-state index contributed by atoms with van der Waals surface area (Å²) < 4.78 is 7.22. The van der Waals surface area contributed by atoms with Crippen LogP contribution in [0.2, 0.25) is 0 Å². The number of amides is 1. The summed E-state index contributed by atoms with van der Waals surface area (Å²) in [4.78, 5) is 15.8. The van der Waals surface area contributed by atoms with Gasteiger partial charge in [0.1, 0.15) is 5.60 Å². The third kappa shape index (κ3) is 4.95. The number of nitrogens with zero attached hydrogens (tertiary/aromatic N) is 2. The van der Waals surface area contributed by atoms with Gasteiger partial charge in [-0.25, -0.2) is 9.78 Å². The van der Waals surface area contributed by atoms with Gasteiger partial charge in [0.2, 0.25) is 0 Å². The molecule has 0 fully saturated rings. The molecule has 1 N–H and O–H groups in total. The van der Waals surface area contributed by atoms with Crippen LogP contribution in [0.1, 0.15) is 32.0 Å². The van der Waals surface area contributed by atoms with Gasteiger partial charge in [0, 0.05) is 12.7 Å². The molecule has 5 nitrogen and oxygen atoms in total. The zero-order chi connectivity index (χ0) is 15.3. The monoisotopic (exact) mass is 287 g/mol. The summed E-state index contributed by atoms with van der Waals surface area (Å²) in [6, 6.07) is 10.1. The largest absolute Gasteiger partial charge is 0.444 e. The van der Waals surface area contributed by atoms with Crippen molar-refractivity contribution >= 4 is 6.09 Å². The van der Waals surface area contributed by atoms with Gasteiger partial charge in [0.15, 0.2) is 0 Å². The summed E-state index contributed by atoms with van der Waals surface area (Å²) in [5.74, 6) is 0. The summed E-state index contributed by atoms with van der Waals surface area (Å²) in [5.41, 5.74) is 1.63. The average Bonchev–Trinajstić information content (AvgIpc) is 2.83. The minimum Gasteiger partial charge on any atom is -0.444 e. The van der Waals surface area contributed by atoms with E-state index in [1.54, 1.807) is 12.5 Å². The number of alkyl carbamates (subject to hydrolysis) is 1. The fourth-order valence-corrected chi connectivity index (χ4v) is 1.89. The first-order valence-corrected chi connectivity index (χ1v) is 6.94. The Balaban J connectivity index is 1.93. The first-order valence-electron chi connectivity index (χ1n) is 6.94. The van der Waals surface area contributed by atoms with E-state index in [9.17, 15) is 4.79 Å². The number of hydrogen-bond acceptors (Lipinski definition) is 3. The van der Waals surface area contributed by atoms with Gasteiger partial charge in [-0.05, 0) is 26.3 Å². The van der Waals surface area contributed by atoms with E-state index in [4.69, 9.17) is 4.74 Å². The molecule has 0 bridgehead atoms. The Bertz CT molecular complexity index is 585. The van der Waals surface area contributed by atoms with E-state index < -0.39 is 11.7 Å². The molecule has 2 rings (SSSR count). The molecule has 0 radical (unpaired) electrons. The van der Waals surface area contributed by atoms with Crippen LogP contribution in [0.5, 0.6) is 0 Å². The predicted octanol–water partition coefficient (Wildman–Crippen LogP) is 2.96. The average molecular weight is 287 g/mol. The van der Waals surface area contributed by atoms with E-state index in [0.717, 1.165) is 12.2 Å². The second-order valence-corrected chi connectivity index (χ2v) is 5.85. The number of hydrogen-bond donors (Lipinski definition) is 1. The van der Waals surface area contributed by atoms with Crippen molar-refractivity contribution in [2.45, 2.75) is 39.5 Å². The quantitative estimate of drug-likeness (QED) is 0.940. The molecule has 2 aromatic rings. The topological polar surface area (TPSA) is 56.1 Å². The van der Waals surface area contributed by atoms with Gasteiger partial charge in [-0.2, -0.15) is 0 Å². The molecular formula is C16H21N3O2. The third-order valence-electron chi connectivity index (χ3n) is 2.81. The summed E-state index contributed by atoms with van der Waals surface area (Å²) in [5, 5.41) is 2.75. The van der Waals surface area contributed by atoms with Crippen molar-refractivity contribution in [1.29, 1.82) is 0 Å². The highest BCUT2D eigenvalue weighted by atomic mass is 16.6. The Hall–Kier alpha value is -2.30. The molecule has 0 saturated heterocycles. The van der Waals surface area contributed by atoms with Crippen LogP contribution in [0.3, 0.4) is 0 Å². The van der Waals surface area contributed by atoms with Crippen molar-refractivity contribution < 1.29 is 9.53 Å². The molecule has 1 heterocycles. The molecule has 5 heteroatoms. The number of nitrogens with one attached hydrogen (secondary N) is 1. The molecule has 0 saturated carbocycles. The van der Waals surface area contributed by atoms with Crippen LogP contribution in [-0.4, -0.2) is 21.2 Å². The Kier molecular flexibility index (Phi) is 4.62. The fourth-order valence-electron chi connectivity index (χ4n) is 1.89. The van der Waals surface area contributed by atoms with Crippen LogP contribution in [0.15, 0.2) is 42.9 Å². The molecule has 0 aliphatic rings. The summed E-state index contributed by atoms with van der Waals surface area (Å²) in [7, 11) is 0. The zero-order valence-electron chi connectivity index (χ0n) is 12.7. The lowest BCUT2D eigenvalue weighted by Crippen LogP contribution is -2.32. The molecule has 0 spiro atoms. The standard InChI is InChI=1S/C16H21N3O2/c1-16(2,3)21-15(20)18-10-14-9-17-12-19(14)11-13-7-5-4-6-8-13/h4-9,12H,10-11H2,1-3H3,(H,18,20). The second kappa shape index (κ2) is 6.43. The second-order valence-electron chi connectivity index (χ2n) is 5.85. The molecule has 112 valence electrons. The molecule has 0 atom stereocenters. The van der Waals surface area contributed by atoms with Crippen LogP contribution >= 0.6 is 0 Å². The maximum atomic E-state index is 11.7. The van der Waals surface area contributed by atoms with E-state index in [0.29, 0.717) is 6.54 Å². The number of ether oxygens (including phenoxy) is 1. The number of benzene rings is 1. The summed E-state index contributed by atoms with van der Waals surface area (Å²) in [6.07, 6.45) is 3.09. The molecule has 1 aromatic heterocycles. The van der Waals surface area contributed by atoms with Crippen LogP contribution in [0.4, 0.5) is 4.79 Å². The third-order valence-corrected chi connectivity index (χ3v) is 2.81. The van der Waals surface area contributed by atoms with E-state index >= 15 is 0 Å². The lowest BCUT2D eigenvalue weighted by atomic mass is 10.2. The van der Waals surface area contributed by atoms with Crippen molar-refractivity contribution in [3.63, 3.8) is 0 Å². The molecular weight excluding hydrogens is 266 g/mol. The minimum absolute atomic E-state index is 0.391. The number of carbonyl (C=O) groups is 1. The van der Waals surface area contributed by atoms with Gasteiger partial charge >= 0.3 is 6.09 Å². The van der Waals surface area contributed by atoms with Crippen LogP contribution in [0, 0.1) is 0 Å². The number of imidazole rings is 1. The maximum Gasteiger partial charge on any atom is 0.407 e. The molecule has 0 unspecified atom stereocenters. The predicted molar refractivity (Wildman–Crippen MR) is 80.8 cm³/mol. The Labute approximate surface area is 125 Å². The summed E-state index contributed by atoms with van der Waals surface area (Å²) in [6.45, 7) is 6.64. The first-order chi connectivity index (χ1) is 9.94. The van der Waals surface area contributed by atoms with Crippen molar-refractivity contribution in [3.05, 3.63) is 54.1 Å². The van der Waals surface area contributed by atoms with E-state index in [1.807, 2.05) is 43.5 Å². The first kappa shape index (κ1) is 15.1. The zero-order valence-corrected chi connectivity index (χ0v) is 12.7. The minimum atomic E-state index is -0.492. The van der Waals surface area contributed by atoms with Gasteiger partial charge in [-0.3, -0.25) is 0 Å². The smallest absolute Gasteiger partial charge is 0.407 e. The van der Waals surface area contributed by atoms with Crippen LogP contribution in [0.25, 0.3) is 0 Å². The van der Waals surface area contributed by atoms with Gasteiger partial charge in [0.25, 0.3) is 0 Å². The number of rotatable bonds is 4. The van der Waals surface area contributed by atoms with E-state index in [-0.39, 0.29) is 0 Å². The highest BCUT2D eigenvalue weighted by Crippen LogP contribution is 2.08. The van der Waals surface area contributed by atoms with Gasteiger partial charge in [-0.1, -0.05) is 30.3 Å². The van der Waals surface area contributed by atoms with Gasteiger partial charge in [0.05, 0.1) is 18.6 Å². The van der Waals surface area contributed by atoms with Crippen molar-refractivity contribution in [1.82, 2.24) is 14.9 Å². The van der Waals surface area contributed by atoms with Crippen molar-refractivity contribution in [2.24, 2.45) is 0 Å². The highest BCUT2D eigenvalue weighted by Gasteiger charge is 2.16. The van der Waals surface area contributed by atoms with Crippen molar-refractivity contribution in [2.75, 3.05) is 0 Å². The molecule has 21 heavy (non-hydrogen) atoms. The SMILES string of the molecule is CC(C)(C)OC(=O)NCc1cncn1Cc1ccccc1.